The fourth-order valence-electron chi connectivity index (χ4n) is 2.18. The predicted octanol–water partition coefficient (Wildman–Crippen LogP) is 3.58. The Morgan fingerprint density at radius 1 is 1.11 bits per heavy atom. The van der Waals surface area contributed by atoms with Gasteiger partial charge < -0.3 is 10.3 Å². The second-order valence-electron chi connectivity index (χ2n) is 4.38. The van der Waals surface area contributed by atoms with Crippen molar-refractivity contribution in [2.24, 2.45) is 0 Å². The van der Waals surface area contributed by atoms with Gasteiger partial charge in [0.2, 0.25) is 0 Å². The summed E-state index contributed by atoms with van der Waals surface area (Å²) in [5, 5.41) is 3.17. The number of nitrogens with one attached hydrogen (secondary N) is 2. The molecule has 0 aliphatic heterocycles. The molecule has 2 aromatic carbocycles. The normalized spacial score (nSPS) is 10.8. The number of rotatable bonds is 2. The van der Waals surface area contributed by atoms with Crippen LogP contribution in [0.1, 0.15) is 5.56 Å². The molecular formula is C15H15N3. The number of fused-ring (bicyclic) bond motifs is 1. The van der Waals surface area contributed by atoms with E-state index in [1.54, 1.807) is 0 Å². The van der Waals surface area contributed by atoms with Gasteiger partial charge in [-0.15, -0.1) is 0 Å². The van der Waals surface area contributed by atoms with Gasteiger partial charge in [0.1, 0.15) is 5.82 Å². The first-order valence-corrected chi connectivity index (χ1v) is 6.01. The number of hydrogen-bond donors (Lipinski definition) is 2. The Hall–Kier alpha value is -2.29. The molecule has 0 unspecified atom stereocenters. The SMILES string of the molecule is CNc1ccc(-c2nc3ccccc3[nH]2)cc1C. The van der Waals surface area contributed by atoms with Crippen molar-refractivity contribution in [3.8, 4) is 11.4 Å². The van der Waals surface area contributed by atoms with Crippen LogP contribution in [0.3, 0.4) is 0 Å². The van der Waals surface area contributed by atoms with Crippen LogP contribution in [0.4, 0.5) is 5.69 Å². The standard InChI is InChI=1S/C15H15N3/c1-10-9-11(7-8-12(10)16-2)15-17-13-5-3-4-6-14(13)18-15/h3-9,16H,1-2H3,(H,17,18). The number of H-pyrrole nitrogens is 1. The van der Waals surface area contributed by atoms with E-state index in [0.717, 1.165) is 28.1 Å². The fraction of sp³-hybridized carbons (Fsp3) is 0.133. The van der Waals surface area contributed by atoms with Crippen molar-refractivity contribution >= 4 is 16.7 Å². The minimum atomic E-state index is 0.918. The summed E-state index contributed by atoms with van der Waals surface area (Å²) < 4.78 is 0. The van der Waals surface area contributed by atoms with Gasteiger partial charge >= 0.3 is 0 Å². The Balaban J connectivity index is 2.11. The molecule has 0 spiro atoms. The maximum absolute atomic E-state index is 4.60. The predicted molar refractivity (Wildman–Crippen MR) is 75.8 cm³/mol. The molecule has 3 aromatic rings. The summed E-state index contributed by atoms with van der Waals surface area (Å²) in [4.78, 5) is 7.95. The number of benzene rings is 2. The van der Waals surface area contributed by atoms with E-state index in [1.807, 2.05) is 31.3 Å². The molecule has 0 atom stereocenters. The van der Waals surface area contributed by atoms with E-state index in [1.165, 1.54) is 5.56 Å². The first kappa shape index (κ1) is 10.8. The molecule has 0 fully saturated rings. The van der Waals surface area contributed by atoms with Gasteiger partial charge in [-0.05, 0) is 42.8 Å². The molecule has 0 aliphatic carbocycles. The van der Waals surface area contributed by atoms with Crippen molar-refractivity contribution in [3.05, 3.63) is 48.0 Å². The summed E-state index contributed by atoms with van der Waals surface area (Å²) in [6, 6.07) is 14.4. The topological polar surface area (TPSA) is 40.7 Å². The van der Waals surface area contributed by atoms with Gasteiger partial charge in [0.05, 0.1) is 11.0 Å². The number of aromatic amines is 1. The van der Waals surface area contributed by atoms with E-state index in [-0.39, 0.29) is 0 Å². The molecule has 0 saturated carbocycles. The van der Waals surface area contributed by atoms with Gasteiger partial charge in [0, 0.05) is 18.3 Å². The molecule has 3 rings (SSSR count). The van der Waals surface area contributed by atoms with Crippen molar-refractivity contribution in [1.29, 1.82) is 0 Å². The molecule has 0 aliphatic rings. The van der Waals surface area contributed by atoms with E-state index in [0.29, 0.717) is 0 Å². The summed E-state index contributed by atoms with van der Waals surface area (Å²) in [6.07, 6.45) is 0. The van der Waals surface area contributed by atoms with Crippen molar-refractivity contribution in [3.63, 3.8) is 0 Å². The van der Waals surface area contributed by atoms with Crippen LogP contribution in [0.15, 0.2) is 42.5 Å². The van der Waals surface area contributed by atoms with Crippen molar-refractivity contribution in [2.45, 2.75) is 6.92 Å². The van der Waals surface area contributed by atoms with Gasteiger partial charge in [-0.1, -0.05) is 12.1 Å². The van der Waals surface area contributed by atoms with E-state index >= 15 is 0 Å². The molecule has 0 radical (unpaired) electrons. The van der Waals surface area contributed by atoms with E-state index < -0.39 is 0 Å². The zero-order chi connectivity index (χ0) is 12.5. The third kappa shape index (κ3) is 1.74. The minimum absolute atomic E-state index is 0.918. The number of para-hydroxylation sites is 2. The number of nitrogens with zero attached hydrogens (tertiary/aromatic N) is 1. The Bertz CT molecular complexity index is 665. The third-order valence-electron chi connectivity index (χ3n) is 3.16. The second kappa shape index (κ2) is 4.18. The lowest BCUT2D eigenvalue weighted by Gasteiger charge is -2.06. The van der Waals surface area contributed by atoms with E-state index in [4.69, 9.17) is 0 Å². The number of aromatic nitrogens is 2. The van der Waals surface area contributed by atoms with Crippen LogP contribution >= 0.6 is 0 Å². The molecule has 3 heteroatoms. The Morgan fingerprint density at radius 3 is 2.67 bits per heavy atom. The molecule has 0 amide bonds. The largest absolute Gasteiger partial charge is 0.388 e. The number of imidazole rings is 1. The van der Waals surface area contributed by atoms with Crippen LogP contribution < -0.4 is 5.32 Å². The van der Waals surface area contributed by atoms with Crippen LogP contribution in [0.25, 0.3) is 22.4 Å². The van der Waals surface area contributed by atoms with Gasteiger partial charge in [-0.2, -0.15) is 0 Å². The minimum Gasteiger partial charge on any atom is -0.388 e. The van der Waals surface area contributed by atoms with Crippen molar-refractivity contribution in [2.75, 3.05) is 12.4 Å². The zero-order valence-corrected chi connectivity index (χ0v) is 10.5. The molecule has 0 saturated heterocycles. The lowest BCUT2D eigenvalue weighted by Crippen LogP contribution is -1.92. The molecule has 0 bridgehead atoms. The lowest BCUT2D eigenvalue weighted by atomic mass is 10.1. The Morgan fingerprint density at radius 2 is 1.94 bits per heavy atom. The van der Waals surface area contributed by atoms with Crippen LogP contribution in [0.5, 0.6) is 0 Å². The molecule has 18 heavy (non-hydrogen) atoms. The van der Waals surface area contributed by atoms with Gasteiger partial charge in [0.15, 0.2) is 0 Å². The van der Waals surface area contributed by atoms with Gasteiger partial charge in [-0.3, -0.25) is 0 Å². The van der Waals surface area contributed by atoms with Crippen LogP contribution in [0.2, 0.25) is 0 Å². The summed E-state index contributed by atoms with van der Waals surface area (Å²) in [5.74, 6) is 0.918. The summed E-state index contributed by atoms with van der Waals surface area (Å²) >= 11 is 0. The smallest absolute Gasteiger partial charge is 0.138 e. The maximum atomic E-state index is 4.60. The van der Waals surface area contributed by atoms with Gasteiger partial charge in [0.25, 0.3) is 0 Å². The quantitative estimate of drug-likeness (QED) is 0.715. The first-order chi connectivity index (χ1) is 8.78. The maximum Gasteiger partial charge on any atom is 0.138 e. The lowest BCUT2D eigenvalue weighted by molar-refractivity contribution is 1.32. The van der Waals surface area contributed by atoms with Crippen molar-refractivity contribution < 1.29 is 0 Å². The zero-order valence-electron chi connectivity index (χ0n) is 10.5. The molecule has 2 N–H and O–H groups in total. The highest BCUT2D eigenvalue weighted by Gasteiger charge is 2.06. The fourth-order valence-corrected chi connectivity index (χ4v) is 2.18. The first-order valence-electron chi connectivity index (χ1n) is 6.01. The van der Waals surface area contributed by atoms with Crippen molar-refractivity contribution in [1.82, 2.24) is 9.97 Å². The number of anilines is 1. The van der Waals surface area contributed by atoms with Crippen LogP contribution in [-0.4, -0.2) is 17.0 Å². The van der Waals surface area contributed by atoms with Crippen LogP contribution in [-0.2, 0) is 0 Å². The molecule has 1 aromatic heterocycles. The summed E-state index contributed by atoms with van der Waals surface area (Å²) in [7, 11) is 1.93. The summed E-state index contributed by atoms with van der Waals surface area (Å²) in [6.45, 7) is 2.10. The van der Waals surface area contributed by atoms with E-state index in [2.05, 4.69) is 40.4 Å². The monoisotopic (exact) mass is 237 g/mol. The highest BCUT2D eigenvalue weighted by atomic mass is 14.9. The highest BCUT2D eigenvalue weighted by molar-refractivity contribution is 5.79. The van der Waals surface area contributed by atoms with E-state index in [9.17, 15) is 0 Å². The third-order valence-corrected chi connectivity index (χ3v) is 3.16. The second-order valence-corrected chi connectivity index (χ2v) is 4.38. The Kier molecular flexibility index (Phi) is 2.52. The molecule has 1 heterocycles. The molecule has 3 nitrogen and oxygen atoms in total. The Labute approximate surface area is 106 Å². The highest BCUT2D eigenvalue weighted by Crippen LogP contribution is 2.24. The van der Waals surface area contributed by atoms with Crippen LogP contribution in [0, 0.1) is 6.92 Å². The molecular weight excluding hydrogens is 222 g/mol. The summed E-state index contributed by atoms with van der Waals surface area (Å²) in [5.41, 5.74) is 5.55. The average molecular weight is 237 g/mol. The number of aryl methyl sites for hydroxylation is 1. The average Bonchev–Trinajstić information content (AvgIpc) is 2.82. The number of hydrogen-bond acceptors (Lipinski definition) is 2. The molecule has 90 valence electrons. The van der Waals surface area contributed by atoms with Gasteiger partial charge in [-0.25, -0.2) is 4.98 Å².